The molecule has 13 heteroatoms. The van der Waals surface area contributed by atoms with Crippen molar-refractivity contribution in [2.75, 3.05) is 44.3 Å². The van der Waals surface area contributed by atoms with Crippen molar-refractivity contribution in [3.8, 4) is 28.9 Å². The summed E-state index contributed by atoms with van der Waals surface area (Å²) < 4.78 is 58.7. The number of ether oxygens (including phenoxy) is 3. The summed E-state index contributed by atoms with van der Waals surface area (Å²) in [6, 6.07) is 9.60. The molecule has 0 aromatic carbocycles. The number of rotatable bonds is 11. The number of pyridine rings is 3. The molecule has 0 radical (unpaired) electrons. The van der Waals surface area contributed by atoms with E-state index in [0.29, 0.717) is 48.3 Å². The van der Waals surface area contributed by atoms with Gasteiger partial charge in [-0.3, -0.25) is 4.79 Å². The first-order valence-corrected chi connectivity index (χ1v) is 14.3. The number of nitrogens with two attached hydrogens (primary N) is 1. The number of hydrogen-bond acceptors (Lipinski definition) is 9. The van der Waals surface area contributed by atoms with Gasteiger partial charge in [0.1, 0.15) is 11.8 Å². The Hall–Kier alpha value is -4.13. The van der Waals surface area contributed by atoms with Gasteiger partial charge in [0, 0.05) is 44.5 Å². The molecule has 4 heterocycles. The highest BCUT2D eigenvalue weighted by Gasteiger charge is 2.40. The zero-order chi connectivity index (χ0) is 31.1. The van der Waals surface area contributed by atoms with Crippen molar-refractivity contribution in [1.29, 1.82) is 0 Å². The summed E-state index contributed by atoms with van der Waals surface area (Å²) in [5.74, 6) is -0.112. The van der Waals surface area contributed by atoms with Gasteiger partial charge in [0.2, 0.25) is 17.6 Å². The van der Waals surface area contributed by atoms with Crippen molar-refractivity contribution >= 4 is 11.6 Å². The van der Waals surface area contributed by atoms with Crippen LogP contribution >= 0.6 is 0 Å². The Bertz CT molecular complexity index is 1410. The molecule has 3 aromatic rings. The summed E-state index contributed by atoms with van der Waals surface area (Å²) in [5.41, 5.74) is 6.09. The summed E-state index contributed by atoms with van der Waals surface area (Å²) in [7, 11) is 0. The molecule has 0 bridgehead atoms. The third-order valence-electron chi connectivity index (χ3n) is 7.02. The number of carbonyl (C=O) groups is 1. The maximum atomic E-state index is 13.9. The lowest BCUT2D eigenvalue weighted by atomic mass is 10.1. The number of alkyl halides is 3. The molecule has 1 fully saturated rings. The highest BCUT2D eigenvalue weighted by atomic mass is 19.4. The van der Waals surface area contributed by atoms with E-state index in [4.69, 9.17) is 24.9 Å². The highest BCUT2D eigenvalue weighted by Crippen LogP contribution is 2.37. The molecular formula is C30H37F3N6O4. The lowest BCUT2D eigenvalue weighted by Crippen LogP contribution is -2.55. The van der Waals surface area contributed by atoms with Crippen LogP contribution in [0.25, 0.3) is 11.3 Å². The van der Waals surface area contributed by atoms with Gasteiger partial charge < -0.3 is 29.7 Å². The van der Waals surface area contributed by atoms with Crippen molar-refractivity contribution in [3.05, 3.63) is 53.9 Å². The maximum Gasteiger partial charge on any atom is 0.434 e. The number of aromatic nitrogens is 3. The number of halogens is 3. The molecule has 2 N–H and O–H groups in total. The zero-order valence-corrected chi connectivity index (χ0v) is 24.7. The number of nitrogens with zero attached hydrogens (tertiary/aromatic N) is 5. The molecular weight excluding hydrogens is 565 g/mol. The SMILES string of the molecule is CCOc1ccc(C(=O)N2CCN(c3ccc(-c4cccnc4OCC)nc3O[C@H](C)CN)[C@H](CC)C2)c(C(F)(F)F)n1. The topological polar surface area (TPSA) is 116 Å². The second kappa shape index (κ2) is 13.9. The van der Waals surface area contributed by atoms with Crippen molar-refractivity contribution in [2.24, 2.45) is 5.73 Å². The molecule has 0 saturated carbocycles. The second-order valence-corrected chi connectivity index (χ2v) is 9.96. The molecule has 0 unspecified atom stereocenters. The van der Waals surface area contributed by atoms with E-state index in [1.165, 1.54) is 11.0 Å². The van der Waals surface area contributed by atoms with Crippen LogP contribution in [0, 0.1) is 0 Å². The average molecular weight is 603 g/mol. The number of anilines is 1. The van der Waals surface area contributed by atoms with E-state index in [2.05, 4.69) is 14.9 Å². The first kappa shape index (κ1) is 31.8. The molecule has 232 valence electrons. The minimum Gasteiger partial charge on any atom is -0.478 e. The van der Waals surface area contributed by atoms with Crippen LogP contribution in [-0.4, -0.2) is 77.3 Å². The van der Waals surface area contributed by atoms with E-state index in [9.17, 15) is 18.0 Å². The van der Waals surface area contributed by atoms with Gasteiger partial charge in [-0.15, -0.1) is 0 Å². The third kappa shape index (κ3) is 7.27. The molecule has 1 amide bonds. The van der Waals surface area contributed by atoms with Gasteiger partial charge in [-0.25, -0.2) is 15.0 Å². The normalized spacial score (nSPS) is 16.1. The Labute approximate surface area is 249 Å². The van der Waals surface area contributed by atoms with Gasteiger partial charge in [-0.05, 0) is 57.5 Å². The van der Waals surface area contributed by atoms with Gasteiger partial charge in [0.15, 0.2) is 5.69 Å². The molecule has 4 rings (SSSR count). The lowest BCUT2D eigenvalue weighted by Gasteiger charge is -2.43. The molecule has 1 saturated heterocycles. The first-order chi connectivity index (χ1) is 20.6. The summed E-state index contributed by atoms with van der Waals surface area (Å²) in [6.45, 7) is 8.90. The Morgan fingerprint density at radius 1 is 1.05 bits per heavy atom. The Balaban J connectivity index is 1.64. The molecule has 0 spiro atoms. The zero-order valence-electron chi connectivity index (χ0n) is 24.7. The molecule has 43 heavy (non-hydrogen) atoms. The van der Waals surface area contributed by atoms with E-state index in [1.54, 1.807) is 19.2 Å². The average Bonchev–Trinajstić information content (AvgIpc) is 3.00. The standard InChI is InChI=1S/C30H37F3N6O4/c1-5-20-18-38(29(40)22-10-13-25(41-6-2)37-26(22)30(31,32)33)15-16-39(20)24-12-11-23(36-28(24)43-19(4)17-34)21-9-8-14-35-27(21)42-7-3/h8-14,19-20H,5-7,15-18,34H2,1-4H3/t19-,20-/m1/s1. The first-order valence-electron chi connectivity index (χ1n) is 14.3. The quantitative estimate of drug-likeness (QED) is 0.330. The van der Waals surface area contributed by atoms with Crippen molar-refractivity contribution in [1.82, 2.24) is 19.9 Å². The van der Waals surface area contributed by atoms with E-state index in [0.717, 1.165) is 6.07 Å². The largest absolute Gasteiger partial charge is 0.478 e. The lowest BCUT2D eigenvalue weighted by molar-refractivity contribution is -0.141. The molecule has 1 aliphatic rings. The Morgan fingerprint density at radius 3 is 2.49 bits per heavy atom. The molecule has 0 aliphatic carbocycles. The van der Waals surface area contributed by atoms with Crippen LogP contribution < -0.4 is 24.8 Å². The number of amides is 1. The van der Waals surface area contributed by atoms with Crippen LogP contribution in [0.4, 0.5) is 18.9 Å². The number of carbonyl (C=O) groups excluding carboxylic acids is 1. The molecule has 2 atom stereocenters. The third-order valence-corrected chi connectivity index (χ3v) is 7.02. The monoisotopic (exact) mass is 602 g/mol. The summed E-state index contributed by atoms with van der Waals surface area (Å²) in [4.78, 5) is 29.7. The van der Waals surface area contributed by atoms with Crippen LogP contribution in [0.1, 0.15) is 50.2 Å². The fourth-order valence-corrected chi connectivity index (χ4v) is 4.90. The maximum absolute atomic E-state index is 13.9. The van der Waals surface area contributed by atoms with Crippen LogP contribution in [0.5, 0.6) is 17.6 Å². The van der Waals surface area contributed by atoms with Gasteiger partial charge in [-0.2, -0.15) is 13.2 Å². The van der Waals surface area contributed by atoms with E-state index in [-0.39, 0.29) is 44.3 Å². The molecule has 3 aromatic heterocycles. The van der Waals surface area contributed by atoms with E-state index < -0.39 is 23.3 Å². The van der Waals surface area contributed by atoms with Crippen LogP contribution in [0.15, 0.2) is 42.6 Å². The summed E-state index contributed by atoms with van der Waals surface area (Å²) in [6.07, 6.45) is -2.90. The smallest absolute Gasteiger partial charge is 0.434 e. The fourth-order valence-electron chi connectivity index (χ4n) is 4.90. The predicted octanol–water partition coefficient (Wildman–Crippen LogP) is 4.82. The Kier molecular flexibility index (Phi) is 10.3. The van der Waals surface area contributed by atoms with Gasteiger partial charge >= 0.3 is 6.18 Å². The van der Waals surface area contributed by atoms with Crippen molar-refractivity contribution in [3.63, 3.8) is 0 Å². The predicted molar refractivity (Wildman–Crippen MR) is 156 cm³/mol. The van der Waals surface area contributed by atoms with Crippen molar-refractivity contribution < 1.29 is 32.2 Å². The minimum atomic E-state index is -4.82. The van der Waals surface area contributed by atoms with Crippen LogP contribution in [0.3, 0.4) is 0 Å². The van der Waals surface area contributed by atoms with Crippen molar-refractivity contribution in [2.45, 2.75) is 52.4 Å². The summed E-state index contributed by atoms with van der Waals surface area (Å²) in [5, 5.41) is 0. The Morgan fingerprint density at radius 2 is 1.81 bits per heavy atom. The number of piperazine rings is 1. The second-order valence-electron chi connectivity index (χ2n) is 9.96. The van der Waals surface area contributed by atoms with E-state index in [1.807, 2.05) is 39.0 Å². The minimum absolute atomic E-state index is 0.152. The molecule has 1 aliphatic heterocycles. The highest BCUT2D eigenvalue weighted by molar-refractivity contribution is 5.95. The van der Waals surface area contributed by atoms with Gasteiger partial charge in [0.25, 0.3) is 5.91 Å². The van der Waals surface area contributed by atoms with Gasteiger partial charge in [-0.1, -0.05) is 6.92 Å². The summed E-state index contributed by atoms with van der Waals surface area (Å²) >= 11 is 0. The van der Waals surface area contributed by atoms with Crippen LogP contribution in [-0.2, 0) is 6.18 Å². The molecule has 10 nitrogen and oxygen atoms in total. The number of hydrogen-bond donors (Lipinski definition) is 1. The van der Waals surface area contributed by atoms with Crippen LogP contribution in [0.2, 0.25) is 0 Å². The fraction of sp³-hybridized carbons (Fsp3) is 0.467. The van der Waals surface area contributed by atoms with Gasteiger partial charge in [0.05, 0.1) is 30.0 Å². The van der Waals surface area contributed by atoms with E-state index >= 15 is 0 Å².